The summed E-state index contributed by atoms with van der Waals surface area (Å²) in [6, 6.07) is 26.8. The first-order chi connectivity index (χ1) is 18.0. The first-order valence-electron chi connectivity index (χ1n) is 12.4. The van der Waals surface area contributed by atoms with Crippen LogP contribution in [0.15, 0.2) is 100 Å². The Balaban J connectivity index is 1.82. The van der Waals surface area contributed by atoms with E-state index in [0.717, 1.165) is 16.7 Å². The van der Waals surface area contributed by atoms with Crippen LogP contribution >= 0.6 is 11.3 Å². The molecule has 0 radical (unpaired) electrons. The van der Waals surface area contributed by atoms with Gasteiger partial charge in [-0.05, 0) is 35.6 Å². The molecule has 3 aromatic carbocycles. The van der Waals surface area contributed by atoms with Crippen molar-refractivity contribution in [3.63, 3.8) is 0 Å². The van der Waals surface area contributed by atoms with Gasteiger partial charge in [0.25, 0.3) is 5.56 Å². The smallest absolute Gasteiger partial charge is 0.338 e. The summed E-state index contributed by atoms with van der Waals surface area (Å²) in [5.41, 5.74) is 4.47. The Morgan fingerprint density at radius 1 is 1.00 bits per heavy atom. The molecule has 0 amide bonds. The number of aromatic nitrogens is 1. The molecule has 6 heteroatoms. The largest absolute Gasteiger partial charge is 0.463 e. The molecule has 0 aliphatic carbocycles. The molecule has 0 fully saturated rings. The third kappa shape index (κ3) is 4.85. The molecule has 0 saturated heterocycles. The lowest BCUT2D eigenvalue weighted by atomic mass is 9.91. The van der Waals surface area contributed by atoms with Gasteiger partial charge in [-0.25, -0.2) is 9.79 Å². The highest BCUT2D eigenvalue weighted by Crippen LogP contribution is 2.35. The lowest BCUT2D eigenvalue weighted by Crippen LogP contribution is -2.40. The van der Waals surface area contributed by atoms with Crippen molar-refractivity contribution in [2.45, 2.75) is 32.7 Å². The Morgan fingerprint density at radius 2 is 1.65 bits per heavy atom. The molecule has 0 saturated carbocycles. The van der Waals surface area contributed by atoms with Gasteiger partial charge in [-0.15, -0.1) is 0 Å². The number of esters is 1. The average Bonchev–Trinajstić information content (AvgIpc) is 3.23. The van der Waals surface area contributed by atoms with Gasteiger partial charge in [0.1, 0.15) is 0 Å². The average molecular weight is 509 g/mol. The molecule has 1 atom stereocenters. The minimum Gasteiger partial charge on any atom is -0.463 e. The van der Waals surface area contributed by atoms with Crippen LogP contribution in [0.25, 0.3) is 11.8 Å². The van der Waals surface area contributed by atoms with Crippen molar-refractivity contribution in [2.75, 3.05) is 6.61 Å². The predicted octanol–water partition coefficient (Wildman–Crippen LogP) is 5.06. The molecule has 37 heavy (non-hydrogen) atoms. The molecule has 0 bridgehead atoms. The SMILES string of the molecule is CCOC(=O)C1=C(c2ccccc2)N=c2s/c(=C\c3ccccc3)c(=O)n2[C@@H]1c1ccc(C(C)C)cc1. The second kappa shape index (κ2) is 10.5. The summed E-state index contributed by atoms with van der Waals surface area (Å²) in [6.07, 6.45) is 1.87. The maximum Gasteiger partial charge on any atom is 0.338 e. The number of carbonyl (C=O) groups excluding carboxylic acids is 1. The van der Waals surface area contributed by atoms with Gasteiger partial charge >= 0.3 is 5.97 Å². The highest BCUT2D eigenvalue weighted by Gasteiger charge is 2.35. The Bertz CT molecular complexity index is 1630. The molecular weight excluding hydrogens is 480 g/mol. The second-order valence-corrected chi connectivity index (χ2v) is 10.2. The van der Waals surface area contributed by atoms with Gasteiger partial charge in [-0.1, -0.05) is 110 Å². The molecule has 2 heterocycles. The highest BCUT2D eigenvalue weighted by molar-refractivity contribution is 7.07. The first kappa shape index (κ1) is 24.7. The number of carbonyl (C=O) groups is 1. The van der Waals surface area contributed by atoms with Crippen LogP contribution in [0.4, 0.5) is 0 Å². The number of benzene rings is 3. The van der Waals surface area contributed by atoms with Gasteiger partial charge in [-0.2, -0.15) is 0 Å². The number of hydrogen-bond acceptors (Lipinski definition) is 5. The molecule has 1 aliphatic heterocycles. The zero-order valence-electron chi connectivity index (χ0n) is 21.0. The summed E-state index contributed by atoms with van der Waals surface area (Å²) in [5, 5.41) is 0. The van der Waals surface area contributed by atoms with Crippen LogP contribution in [0.2, 0.25) is 0 Å². The molecule has 1 aromatic heterocycles. The van der Waals surface area contributed by atoms with Crippen molar-refractivity contribution in [1.82, 2.24) is 4.57 Å². The van der Waals surface area contributed by atoms with Crippen LogP contribution in [0, 0.1) is 0 Å². The number of fused-ring (bicyclic) bond motifs is 1. The van der Waals surface area contributed by atoms with E-state index >= 15 is 0 Å². The van der Waals surface area contributed by atoms with E-state index < -0.39 is 12.0 Å². The second-order valence-electron chi connectivity index (χ2n) is 9.16. The predicted molar refractivity (Wildman–Crippen MR) is 148 cm³/mol. The normalized spacial score (nSPS) is 15.5. The summed E-state index contributed by atoms with van der Waals surface area (Å²) in [6.45, 7) is 6.28. The van der Waals surface area contributed by atoms with Gasteiger partial charge in [0.2, 0.25) is 0 Å². The van der Waals surface area contributed by atoms with E-state index in [2.05, 4.69) is 26.0 Å². The molecule has 1 aliphatic rings. The van der Waals surface area contributed by atoms with Crippen molar-refractivity contribution in [3.8, 4) is 0 Å². The van der Waals surface area contributed by atoms with E-state index in [9.17, 15) is 9.59 Å². The van der Waals surface area contributed by atoms with E-state index in [-0.39, 0.29) is 12.2 Å². The van der Waals surface area contributed by atoms with Gasteiger partial charge in [0, 0.05) is 5.56 Å². The Morgan fingerprint density at radius 3 is 2.27 bits per heavy atom. The topological polar surface area (TPSA) is 60.7 Å². The minimum absolute atomic E-state index is 0.181. The van der Waals surface area contributed by atoms with Gasteiger partial charge in [0.05, 0.1) is 28.5 Å². The van der Waals surface area contributed by atoms with Crippen LogP contribution in [0.5, 0.6) is 0 Å². The van der Waals surface area contributed by atoms with Crippen LogP contribution in [-0.2, 0) is 9.53 Å². The summed E-state index contributed by atoms with van der Waals surface area (Å²) in [5.74, 6) is -0.109. The number of hydrogen-bond donors (Lipinski definition) is 0. The maximum absolute atomic E-state index is 13.9. The monoisotopic (exact) mass is 508 g/mol. The Kier molecular flexibility index (Phi) is 7.01. The zero-order chi connectivity index (χ0) is 25.9. The fraction of sp³-hybridized carbons (Fsp3) is 0.194. The highest BCUT2D eigenvalue weighted by atomic mass is 32.1. The van der Waals surface area contributed by atoms with Crippen molar-refractivity contribution in [3.05, 3.63) is 132 Å². The third-order valence-electron chi connectivity index (χ3n) is 6.39. The number of nitrogens with zero attached hydrogens (tertiary/aromatic N) is 2. The van der Waals surface area contributed by atoms with Gasteiger partial charge in [0.15, 0.2) is 4.80 Å². The summed E-state index contributed by atoms with van der Waals surface area (Å²) >= 11 is 1.33. The molecule has 0 unspecified atom stereocenters. The Hall–Kier alpha value is -4.03. The van der Waals surface area contributed by atoms with Crippen molar-refractivity contribution >= 4 is 29.1 Å². The summed E-state index contributed by atoms with van der Waals surface area (Å²) < 4.78 is 7.73. The standard InChI is InChI=1S/C31H28N2O3S/c1-4-36-30(35)26-27(23-13-9-6-10-14-23)32-31-33(28(26)24-17-15-22(16-18-24)20(2)3)29(34)25(37-31)19-21-11-7-5-8-12-21/h5-20,28H,4H2,1-3H3/b25-19-/t28-/m1/s1. The molecular formula is C31H28N2O3S. The van der Waals surface area contributed by atoms with Gasteiger partial charge < -0.3 is 4.74 Å². The van der Waals surface area contributed by atoms with E-state index in [4.69, 9.17) is 9.73 Å². The fourth-order valence-corrected chi connectivity index (χ4v) is 5.52. The molecule has 0 spiro atoms. The van der Waals surface area contributed by atoms with E-state index in [0.29, 0.717) is 26.5 Å². The number of rotatable bonds is 6. The van der Waals surface area contributed by atoms with E-state index in [1.807, 2.05) is 78.9 Å². The van der Waals surface area contributed by atoms with E-state index in [1.54, 1.807) is 11.5 Å². The quantitative estimate of drug-likeness (QED) is 0.342. The summed E-state index contributed by atoms with van der Waals surface area (Å²) in [4.78, 5) is 32.8. The van der Waals surface area contributed by atoms with Crippen molar-refractivity contribution in [2.24, 2.45) is 4.99 Å². The minimum atomic E-state index is -0.662. The number of ether oxygens (including phenoxy) is 1. The van der Waals surface area contributed by atoms with Crippen molar-refractivity contribution < 1.29 is 9.53 Å². The molecule has 5 rings (SSSR count). The lowest BCUT2D eigenvalue weighted by molar-refractivity contribution is -0.138. The van der Waals surface area contributed by atoms with Crippen molar-refractivity contribution in [1.29, 1.82) is 0 Å². The Labute approximate surface area is 219 Å². The molecule has 4 aromatic rings. The first-order valence-corrected chi connectivity index (χ1v) is 13.2. The van der Waals surface area contributed by atoms with Gasteiger partial charge in [-0.3, -0.25) is 9.36 Å². The lowest BCUT2D eigenvalue weighted by Gasteiger charge is -2.26. The third-order valence-corrected chi connectivity index (χ3v) is 7.37. The number of thiazole rings is 1. The zero-order valence-corrected chi connectivity index (χ0v) is 21.9. The van der Waals surface area contributed by atoms with E-state index in [1.165, 1.54) is 16.9 Å². The molecule has 5 nitrogen and oxygen atoms in total. The van der Waals surface area contributed by atoms with Crippen LogP contribution in [0.3, 0.4) is 0 Å². The molecule has 186 valence electrons. The summed E-state index contributed by atoms with van der Waals surface area (Å²) in [7, 11) is 0. The van der Waals surface area contributed by atoms with Crippen LogP contribution in [-0.4, -0.2) is 17.1 Å². The van der Waals surface area contributed by atoms with Crippen LogP contribution in [0.1, 0.15) is 55.0 Å². The maximum atomic E-state index is 13.9. The van der Waals surface area contributed by atoms with Crippen LogP contribution < -0.4 is 14.9 Å². The molecule has 0 N–H and O–H groups in total. The fourth-order valence-electron chi connectivity index (χ4n) is 4.52.